The summed E-state index contributed by atoms with van der Waals surface area (Å²) in [7, 11) is 1.33. The molecule has 3 rings (SSSR count). The van der Waals surface area contributed by atoms with Crippen LogP contribution in [0.25, 0.3) is 10.2 Å². The third kappa shape index (κ3) is 2.77. The molecule has 0 radical (unpaired) electrons. The van der Waals surface area contributed by atoms with Crippen molar-refractivity contribution in [2.45, 2.75) is 53.0 Å². The first-order valence-electron chi connectivity index (χ1n) is 8.33. The van der Waals surface area contributed by atoms with E-state index in [4.69, 9.17) is 4.74 Å². The van der Waals surface area contributed by atoms with Crippen molar-refractivity contribution in [3.05, 3.63) is 27.1 Å². The number of carbonyl (C=O) groups excluding carboxylic acids is 1. The Morgan fingerprint density at radius 1 is 1.46 bits per heavy atom. The maximum atomic E-state index is 12.9. The molecule has 0 aliphatic heterocycles. The number of nitrogens with zero attached hydrogens (tertiary/aromatic N) is 2. The summed E-state index contributed by atoms with van der Waals surface area (Å²) in [6.07, 6.45) is 4.47. The summed E-state index contributed by atoms with van der Waals surface area (Å²) in [6.45, 7) is 8.49. The molecular formula is C18H24N2O3S. The molecule has 0 amide bonds. The third-order valence-corrected chi connectivity index (χ3v) is 6.34. The fourth-order valence-electron chi connectivity index (χ4n) is 3.48. The van der Waals surface area contributed by atoms with Gasteiger partial charge in [-0.15, -0.1) is 11.3 Å². The lowest BCUT2D eigenvalue weighted by Crippen LogP contribution is -2.30. The highest BCUT2D eigenvalue weighted by Crippen LogP contribution is 2.41. The second kappa shape index (κ2) is 5.99. The zero-order valence-electron chi connectivity index (χ0n) is 14.9. The molecule has 0 N–H and O–H groups in total. The van der Waals surface area contributed by atoms with Gasteiger partial charge in [-0.25, -0.2) is 9.78 Å². The molecule has 0 bridgehead atoms. The minimum absolute atomic E-state index is 0.135. The molecule has 130 valence electrons. The molecule has 24 heavy (non-hydrogen) atoms. The van der Waals surface area contributed by atoms with Crippen molar-refractivity contribution >= 4 is 27.5 Å². The predicted octanol–water partition coefficient (Wildman–Crippen LogP) is 3.34. The van der Waals surface area contributed by atoms with Crippen molar-refractivity contribution < 1.29 is 9.53 Å². The number of aryl methyl sites for hydroxylation is 1. The molecule has 0 saturated heterocycles. The second-order valence-corrected chi connectivity index (χ2v) is 8.73. The molecular weight excluding hydrogens is 324 g/mol. The van der Waals surface area contributed by atoms with E-state index in [0.717, 1.165) is 29.7 Å². The maximum Gasteiger partial charge on any atom is 0.328 e. The standard InChI is InChI=1S/C18H24N2O3S/c1-10(17(22)23-5)20-9-19-15-14(16(20)21)12-7-6-11(18(2,3)4)8-13(12)24-15/h9-11H,6-8H2,1-5H3. The number of ether oxygens (including phenoxy) is 1. The zero-order chi connectivity index (χ0) is 17.6. The van der Waals surface area contributed by atoms with Gasteiger partial charge < -0.3 is 4.74 Å². The number of esters is 1. The van der Waals surface area contributed by atoms with Crippen LogP contribution >= 0.6 is 11.3 Å². The fourth-order valence-corrected chi connectivity index (χ4v) is 4.74. The van der Waals surface area contributed by atoms with Crippen molar-refractivity contribution in [1.82, 2.24) is 9.55 Å². The predicted molar refractivity (Wildman–Crippen MR) is 95.6 cm³/mol. The van der Waals surface area contributed by atoms with Crippen LogP contribution in [0.2, 0.25) is 0 Å². The van der Waals surface area contributed by atoms with Gasteiger partial charge >= 0.3 is 5.97 Å². The quantitative estimate of drug-likeness (QED) is 0.781. The molecule has 1 aliphatic carbocycles. The highest BCUT2D eigenvalue weighted by molar-refractivity contribution is 7.18. The molecule has 2 heterocycles. The van der Waals surface area contributed by atoms with E-state index >= 15 is 0 Å². The van der Waals surface area contributed by atoms with Crippen LogP contribution in [0.15, 0.2) is 11.1 Å². The van der Waals surface area contributed by atoms with E-state index in [9.17, 15) is 9.59 Å². The fraction of sp³-hybridized carbons (Fsp3) is 0.611. The summed E-state index contributed by atoms with van der Waals surface area (Å²) >= 11 is 1.63. The SMILES string of the molecule is COC(=O)C(C)n1cnc2sc3c(c2c1=O)CCC(C(C)(C)C)C3. The molecule has 0 fully saturated rings. The van der Waals surface area contributed by atoms with Gasteiger partial charge in [-0.1, -0.05) is 20.8 Å². The van der Waals surface area contributed by atoms with Crippen molar-refractivity contribution in [3.63, 3.8) is 0 Å². The Morgan fingerprint density at radius 3 is 2.79 bits per heavy atom. The normalized spacial score (nSPS) is 19.1. The van der Waals surface area contributed by atoms with Gasteiger partial charge in [-0.2, -0.15) is 0 Å². The van der Waals surface area contributed by atoms with Crippen LogP contribution in [0.1, 0.15) is 50.6 Å². The number of carbonyl (C=O) groups is 1. The van der Waals surface area contributed by atoms with Crippen molar-refractivity contribution in [2.24, 2.45) is 11.3 Å². The van der Waals surface area contributed by atoms with Crippen molar-refractivity contribution in [3.8, 4) is 0 Å². The first kappa shape index (κ1) is 17.1. The average molecular weight is 348 g/mol. The van der Waals surface area contributed by atoms with Gasteiger partial charge in [0.2, 0.25) is 0 Å². The molecule has 2 unspecified atom stereocenters. The van der Waals surface area contributed by atoms with Gasteiger partial charge in [0.05, 0.1) is 18.8 Å². The lowest BCUT2D eigenvalue weighted by molar-refractivity contribution is -0.144. The van der Waals surface area contributed by atoms with E-state index in [1.807, 2.05) is 0 Å². The highest BCUT2D eigenvalue weighted by atomic mass is 32.1. The summed E-state index contributed by atoms with van der Waals surface area (Å²) in [4.78, 5) is 31.2. The van der Waals surface area contributed by atoms with Gasteiger partial charge in [0.15, 0.2) is 0 Å². The molecule has 2 atom stereocenters. The molecule has 0 spiro atoms. The van der Waals surface area contributed by atoms with E-state index in [-0.39, 0.29) is 11.0 Å². The number of fused-ring (bicyclic) bond motifs is 3. The van der Waals surface area contributed by atoms with Crippen molar-refractivity contribution in [2.75, 3.05) is 7.11 Å². The molecule has 0 saturated carbocycles. The third-order valence-electron chi connectivity index (χ3n) is 5.18. The van der Waals surface area contributed by atoms with Crippen LogP contribution in [0, 0.1) is 11.3 Å². The Morgan fingerprint density at radius 2 is 2.17 bits per heavy atom. The molecule has 0 aromatic carbocycles. The Balaban J connectivity index is 2.08. The maximum absolute atomic E-state index is 12.9. The molecule has 6 heteroatoms. The lowest BCUT2D eigenvalue weighted by Gasteiger charge is -2.33. The summed E-state index contributed by atoms with van der Waals surface area (Å²) in [5.74, 6) is 0.185. The molecule has 5 nitrogen and oxygen atoms in total. The van der Waals surface area contributed by atoms with Gasteiger partial charge in [0.25, 0.3) is 5.56 Å². The van der Waals surface area contributed by atoms with Crippen LogP contribution in [0.5, 0.6) is 0 Å². The van der Waals surface area contributed by atoms with Gasteiger partial charge in [0.1, 0.15) is 10.9 Å². The molecule has 1 aliphatic rings. The van der Waals surface area contributed by atoms with E-state index in [0.29, 0.717) is 11.3 Å². The van der Waals surface area contributed by atoms with Gasteiger partial charge in [0, 0.05) is 4.88 Å². The number of hydrogen-bond acceptors (Lipinski definition) is 5. The van der Waals surface area contributed by atoms with E-state index in [1.165, 1.54) is 22.9 Å². The van der Waals surface area contributed by atoms with Crippen LogP contribution in [0.4, 0.5) is 0 Å². The van der Waals surface area contributed by atoms with Crippen LogP contribution in [0.3, 0.4) is 0 Å². The number of hydrogen-bond donors (Lipinski definition) is 0. The molecule has 2 aromatic heterocycles. The number of thiophene rings is 1. The van der Waals surface area contributed by atoms with Gasteiger partial charge in [-0.05, 0) is 43.1 Å². The lowest BCUT2D eigenvalue weighted by atomic mass is 9.72. The minimum atomic E-state index is -0.666. The zero-order valence-corrected chi connectivity index (χ0v) is 15.7. The monoisotopic (exact) mass is 348 g/mol. The van der Waals surface area contributed by atoms with Crippen LogP contribution < -0.4 is 5.56 Å². The van der Waals surface area contributed by atoms with Crippen LogP contribution in [-0.4, -0.2) is 22.6 Å². The number of methoxy groups -OCH3 is 1. The van der Waals surface area contributed by atoms with E-state index in [1.54, 1.807) is 18.3 Å². The first-order chi connectivity index (χ1) is 11.2. The number of aromatic nitrogens is 2. The van der Waals surface area contributed by atoms with E-state index < -0.39 is 12.0 Å². The van der Waals surface area contributed by atoms with Gasteiger partial charge in [-0.3, -0.25) is 9.36 Å². The van der Waals surface area contributed by atoms with Crippen LogP contribution in [-0.2, 0) is 22.4 Å². The average Bonchev–Trinajstić information content (AvgIpc) is 2.91. The Bertz CT molecular complexity index is 844. The minimum Gasteiger partial charge on any atom is -0.467 e. The topological polar surface area (TPSA) is 61.2 Å². The Kier molecular flexibility index (Phi) is 4.28. The smallest absolute Gasteiger partial charge is 0.328 e. The van der Waals surface area contributed by atoms with Crippen molar-refractivity contribution in [1.29, 1.82) is 0 Å². The summed E-state index contributed by atoms with van der Waals surface area (Å²) in [5, 5.41) is 0.695. The molecule has 2 aromatic rings. The Labute approximate surface area is 145 Å². The van der Waals surface area contributed by atoms with E-state index in [2.05, 4.69) is 25.8 Å². The first-order valence-corrected chi connectivity index (χ1v) is 9.15. The summed E-state index contributed by atoms with van der Waals surface area (Å²) in [6, 6.07) is -0.666. The Hall–Kier alpha value is -1.69. The number of rotatable bonds is 2. The summed E-state index contributed by atoms with van der Waals surface area (Å²) in [5.41, 5.74) is 1.27. The second-order valence-electron chi connectivity index (χ2n) is 7.65. The highest BCUT2D eigenvalue weighted by Gasteiger charge is 2.32. The largest absolute Gasteiger partial charge is 0.467 e. The summed E-state index contributed by atoms with van der Waals surface area (Å²) < 4.78 is 6.14.